The number of primary amides is 1. The van der Waals surface area contributed by atoms with Gasteiger partial charge in [-0.2, -0.15) is 0 Å². The van der Waals surface area contributed by atoms with Gasteiger partial charge in [-0.3, -0.25) is 4.79 Å². The summed E-state index contributed by atoms with van der Waals surface area (Å²) >= 11 is 11.4. The van der Waals surface area contributed by atoms with Gasteiger partial charge in [-0.15, -0.1) is 0 Å². The van der Waals surface area contributed by atoms with Crippen LogP contribution in [0.1, 0.15) is 0 Å². The van der Waals surface area contributed by atoms with Gasteiger partial charge in [0.25, 0.3) is 0 Å². The molecule has 1 amide bonds. The second-order valence-corrected chi connectivity index (χ2v) is 3.32. The van der Waals surface area contributed by atoms with Crippen molar-refractivity contribution in [3.63, 3.8) is 0 Å². The zero-order valence-electron chi connectivity index (χ0n) is 7.05. The highest BCUT2D eigenvalue weighted by atomic mass is 35.5. The highest BCUT2D eigenvalue weighted by Crippen LogP contribution is 2.26. The van der Waals surface area contributed by atoms with Crippen LogP contribution in [0.15, 0.2) is 6.07 Å². The zero-order chi connectivity index (χ0) is 10.7. The van der Waals surface area contributed by atoms with Gasteiger partial charge >= 0.3 is 0 Å². The topological polar surface area (TPSA) is 94.0 Å². The Labute approximate surface area is 90.4 Å². The summed E-state index contributed by atoms with van der Waals surface area (Å²) in [6, 6.07) is 1.44. The van der Waals surface area contributed by atoms with Crippen LogP contribution in [0.2, 0.25) is 10.0 Å². The van der Waals surface area contributed by atoms with Crippen molar-refractivity contribution in [3.05, 3.63) is 16.1 Å². The second-order valence-electron chi connectivity index (χ2n) is 2.51. The number of hydrogen-bond acceptors (Lipinski definition) is 4. The van der Waals surface area contributed by atoms with Gasteiger partial charge in [0, 0.05) is 0 Å². The number of amides is 1. The Balaban J connectivity index is 2.87. The highest BCUT2D eigenvalue weighted by Gasteiger charge is 2.07. The van der Waals surface area contributed by atoms with Crippen LogP contribution in [-0.4, -0.2) is 17.4 Å². The van der Waals surface area contributed by atoms with Crippen molar-refractivity contribution in [2.45, 2.75) is 0 Å². The highest BCUT2D eigenvalue weighted by molar-refractivity contribution is 6.37. The fraction of sp³-hybridized carbons (Fsp3) is 0.143. The van der Waals surface area contributed by atoms with E-state index in [4.69, 9.17) is 34.7 Å². The van der Waals surface area contributed by atoms with Gasteiger partial charge in [0.1, 0.15) is 11.6 Å². The fourth-order valence-corrected chi connectivity index (χ4v) is 1.20. The number of nitrogens with zero attached hydrogens (tertiary/aromatic N) is 1. The van der Waals surface area contributed by atoms with E-state index < -0.39 is 5.91 Å². The summed E-state index contributed by atoms with van der Waals surface area (Å²) in [6.07, 6.45) is 0. The Hall–Kier alpha value is -1.20. The van der Waals surface area contributed by atoms with E-state index in [9.17, 15) is 4.79 Å². The number of rotatable bonds is 3. The molecule has 0 saturated carbocycles. The third-order valence-electron chi connectivity index (χ3n) is 1.39. The van der Waals surface area contributed by atoms with Crippen molar-refractivity contribution in [1.29, 1.82) is 0 Å². The van der Waals surface area contributed by atoms with Gasteiger partial charge in [-0.25, -0.2) is 4.98 Å². The first-order chi connectivity index (χ1) is 6.50. The van der Waals surface area contributed by atoms with E-state index in [0.29, 0.717) is 0 Å². The van der Waals surface area contributed by atoms with Crippen LogP contribution >= 0.6 is 23.2 Å². The molecule has 1 rings (SSSR count). The first kappa shape index (κ1) is 10.9. The predicted molar refractivity (Wildman–Crippen MR) is 56.4 cm³/mol. The van der Waals surface area contributed by atoms with Gasteiger partial charge in [0.05, 0.1) is 16.6 Å². The van der Waals surface area contributed by atoms with Gasteiger partial charge in [-0.05, 0) is 6.07 Å². The fourth-order valence-electron chi connectivity index (χ4n) is 0.776. The summed E-state index contributed by atoms with van der Waals surface area (Å²) in [7, 11) is 0. The monoisotopic (exact) mass is 234 g/mol. The van der Waals surface area contributed by atoms with Gasteiger partial charge < -0.3 is 16.8 Å². The quantitative estimate of drug-likeness (QED) is 0.724. The molecule has 5 N–H and O–H groups in total. The van der Waals surface area contributed by atoms with Crippen molar-refractivity contribution in [2.75, 3.05) is 17.6 Å². The molecule has 0 bridgehead atoms. The number of hydrogen-bond donors (Lipinski definition) is 3. The lowest BCUT2D eigenvalue weighted by molar-refractivity contribution is -0.116. The summed E-state index contributed by atoms with van der Waals surface area (Å²) in [5.74, 6) is -0.0909. The van der Waals surface area contributed by atoms with Crippen LogP contribution in [0.25, 0.3) is 0 Å². The normalized spacial score (nSPS) is 9.86. The molecule has 0 aliphatic carbocycles. The van der Waals surface area contributed by atoms with E-state index in [2.05, 4.69) is 10.3 Å². The molecule has 5 nitrogen and oxygen atoms in total. The van der Waals surface area contributed by atoms with Crippen LogP contribution in [-0.2, 0) is 4.79 Å². The molecule has 0 aliphatic rings. The summed E-state index contributed by atoms with van der Waals surface area (Å²) < 4.78 is 0. The van der Waals surface area contributed by atoms with E-state index in [0.717, 1.165) is 0 Å². The Morgan fingerprint density at radius 1 is 1.50 bits per heavy atom. The summed E-state index contributed by atoms with van der Waals surface area (Å²) in [5.41, 5.74) is 10.4. The lowest BCUT2D eigenvalue weighted by Crippen LogP contribution is -2.22. The predicted octanol–water partition coefficient (Wildman–Crippen LogP) is 0.868. The molecule has 0 saturated heterocycles. The molecule has 0 unspecified atom stereocenters. The number of nitrogens with one attached hydrogen (secondary N) is 1. The number of nitrogens with two attached hydrogens (primary N) is 2. The molecule has 0 spiro atoms. The summed E-state index contributed by atoms with van der Waals surface area (Å²) in [4.78, 5) is 14.3. The van der Waals surface area contributed by atoms with Crippen LogP contribution in [0.5, 0.6) is 0 Å². The number of nitrogen functional groups attached to an aromatic ring is 1. The largest absolute Gasteiger partial charge is 0.382 e. The second kappa shape index (κ2) is 4.34. The van der Waals surface area contributed by atoms with Crippen LogP contribution in [0, 0.1) is 0 Å². The maximum absolute atomic E-state index is 10.5. The van der Waals surface area contributed by atoms with Gasteiger partial charge in [-0.1, -0.05) is 23.2 Å². The molecule has 1 heterocycles. The van der Waals surface area contributed by atoms with Crippen LogP contribution < -0.4 is 16.8 Å². The van der Waals surface area contributed by atoms with Gasteiger partial charge in [0.15, 0.2) is 0 Å². The Morgan fingerprint density at radius 2 is 2.14 bits per heavy atom. The van der Waals surface area contributed by atoms with E-state index in [-0.39, 0.29) is 28.2 Å². The molecule has 1 aromatic rings. The number of halogens is 2. The SMILES string of the molecule is NC(=O)CNc1nc(N)c(Cl)cc1Cl. The summed E-state index contributed by atoms with van der Waals surface area (Å²) in [5, 5.41) is 3.17. The molecule has 0 radical (unpaired) electrons. The molecule has 0 fully saturated rings. The average molecular weight is 235 g/mol. The van der Waals surface area contributed by atoms with Crippen LogP contribution in [0.3, 0.4) is 0 Å². The third kappa shape index (κ3) is 2.65. The van der Waals surface area contributed by atoms with Crippen molar-refractivity contribution >= 4 is 40.7 Å². The van der Waals surface area contributed by atoms with E-state index in [1.165, 1.54) is 6.07 Å². The Morgan fingerprint density at radius 3 is 2.71 bits per heavy atom. The smallest absolute Gasteiger partial charge is 0.236 e. The number of aromatic nitrogens is 1. The van der Waals surface area contributed by atoms with Crippen molar-refractivity contribution in [1.82, 2.24) is 4.98 Å². The molecular weight excluding hydrogens is 227 g/mol. The van der Waals surface area contributed by atoms with Crippen LogP contribution in [0.4, 0.5) is 11.6 Å². The molecule has 0 aromatic carbocycles. The maximum Gasteiger partial charge on any atom is 0.236 e. The standard InChI is InChI=1S/C7H8Cl2N4O/c8-3-1-4(9)7(13-6(3)11)12-2-5(10)14/h1H,2H2,(H2,10,14)(H3,11,12,13). The van der Waals surface area contributed by atoms with E-state index >= 15 is 0 Å². The van der Waals surface area contributed by atoms with E-state index in [1.54, 1.807) is 0 Å². The lowest BCUT2D eigenvalue weighted by Gasteiger charge is -2.06. The molecule has 0 aliphatic heterocycles. The molecule has 7 heteroatoms. The molecule has 0 atom stereocenters. The minimum Gasteiger partial charge on any atom is -0.382 e. The first-order valence-electron chi connectivity index (χ1n) is 3.64. The molecule has 76 valence electrons. The minimum absolute atomic E-state index is 0.0617. The lowest BCUT2D eigenvalue weighted by atomic mass is 10.4. The summed E-state index contributed by atoms with van der Waals surface area (Å²) in [6.45, 7) is -0.0617. The number of anilines is 2. The van der Waals surface area contributed by atoms with Crippen molar-refractivity contribution in [3.8, 4) is 0 Å². The van der Waals surface area contributed by atoms with Gasteiger partial charge in [0.2, 0.25) is 5.91 Å². The molecule has 1 aromatic heterocycles. The maximum atomic E-state index is 10.5. The number of carbonyl (C=O) groups is 1. The third-order valence-corrected chi connectivity index (χ3v) is 1.98. The number of carbonyl (C=O) groups excluding carboxylic acids is 1. The molecule has 14 heavy (non-hydrogen) atoms. The minimum atomic E-state index is -0.517. The first-order valence-corrected chi connectivity index (χ1v) is 4.40. The molecular formula is C7H8Cl2N4O. The zero-order valence-corrected chi connectivity index (χ0v) is 8.56. The van der Waals surface area contributed by atoms with Crippen molar-refractivity contribution in [2.24, 2.45) is 5.73 Å². The Bertz CT molecular complexity index is 369. The average Bonchev–Trinajstić information content (AvgIpc) is 2.09. The van der Waals surface area contributed by atoms with E-state index in [1.807, 2.05) is 0 Å². The van der Waals surface area contributed by atoms with Crippen molar-refractivity contribution < 1.29 is 4.79 Å². The number of pyridine rings is 1. The Kier molecular flexibility index (Phi) is 3.38.